The van der Waals surface area contributed by atoms with Gasteiger partial charge in [0.15, 0.2) is 0 Å². The molecule has 1 aromatic heterocycles. The number of hydrogen-bond acceptors (Lipinski definition) is 4. The quantitative estimate of drug-likeness (QED) is 0.634. The summed E-state index contributed by atoms with van der Waals surface area (Å²) in [6.45, 7) is 3.19. The molecular weight excluding hydrogens is 234 g/mol. The van der Waals surface area contributed by atoms with Gasteiger partial charge in [-0.05, 0) is 26.0 Å². The minimum Gasteiger partial charge on any atom is -0.394 e. The van der Waals surface area contributed by atoms with Crippen molar-refractivity contribution in [1.82, 2.24) is 15.6 Å². The van der Waals surface area contributed by atoms with E-state index < -0.39 is 17.4 Å². The average Bonchev–Trinajstić information content (AvgIpc) is 2.36. The van der Waals surface area contributed by atoms with Gasteiger partial charge in [-0.2, -0.15) is 0 Å². The molecule has 0 unspecified atom stereocenters. The Labute approximate surface area is 105 Å². The van der Waals surface area contributed by atoms with Crippen molar-refractivity contribution in [3.63, 3.8) is 0 Å². The Morgan fingerprint density at radius 3 is 2.61 bits per heavy atom. The number of aliphatic hydroxyl groups excluding tert-OH is 1. The summed E-state index contributed by atoms with van der Waals surface area (Å²) in [6.07, 6.45) is 1.61. The second-order valence-corrected chi connectivity index (χ2v) is 4.50. The van der Waals surface area contributed by atoms with Crippen LogP contribution in [0.5, 0.6) is 0 Å². The Hall–Kier alpha value is -1.95. The largest absolute Gasteiger partial charge is 0.394 e. The highest BCUT2D eigenvalue weighted by molar-refractivity contribution is 6.35. The van der Waals surface area contributed by atoms with Gasteiger partial charge in [0.2, 0.25) is 0 Å². The normalized spacial score (nSPS) is 10.8. The lowest BCUT2D eigenvalue weighted by atomic mass is 10.1. The summed E-state index contributed by atoms with van der Waals surface area (Å²) in [5.41, 5.74) is -0.153. The number of aromatic nitrogens is 1. The lowest BCUT2D eigenvalue weighted by molar-refractivity contribution is -0.140. The van der Waals surface area contributed by atoms with Crippen LogP contribution in [0.2, 0.25) is 0 Å². The third-order valence-corrected chi connectivity index (χ3v) is 2.21. The second kappa shape index (κ2) is 6.11. The van der Waals surface area contributed by atoms with Crippen molar-refractivity contribution in [2.45, 2.75) is 25.9 Å². The number of nitrogens with one attached hydrogen (secondary N) is 2. The van der Waals surface area contributed by atoms with E-state index in [-0.39, 0.29) is 13.2 Å². The van der Waals surface area contributed by atoms with Gasteiger partial charge in [-0.3, -0.25) is 14.6 Å². The molecule has 0 radical (unpaired) electrons. The first-order valence-electron chi connectivity index (χ1n) is 5.56. The first kappa shape index (κ1) is 14.1. The molecule has 0 saturated carbocycles. The summed E-state index contributed by atoms with van der Waals surface area (Å²) in [7, 11) is 0. The van der Waals surface area contributed by atoms with Crippen molar-refractivity contribution in [2.75, 3.05) is 6.61 Å². The highest BCUT2D eigenvalue weighted by Gasteiger charge is 2.23. The van der Waals surface area contributed by atoms with E-state index in [1.807, 2.05) is 0 Å². The number of pyridine rings is 1. The molecule has 0 aliphatic carbocycles. The smallest absolute Gasteiger partial charge is 0.309 e. The predicted molar refractivity (Wildman–Crippen MR) is 65.4 cm³/mol. The Bertz CT molecular complexity index is 418. The molecule has 6 nitrogen and oxygen atoms in total. The van der Waals surface area contributed by atoms with E-state index in [0.29, 0.717) is 5.69 Å². The molecule has 0 bridgehead atoms. The Balaban J connectivity index is 2.44. The molecule has 18 heavy (non-hydrogen) atoms. The number of aliphatic hydroxyl groups is 1. The summed E-state index contributed by atoms with van der Waals surface area (Å²) >= 11 is 0. The zero-order valence-electron chi connectivity index (χ0n) is 10.4. The van der Waals surface area contributed by atoms with Gasteiger partial charge < -0.3 is 15.7 Å². The monoisotopic (exact) mass is 251 g/mol. The molecule has 0 aliphatic rings. The third-order valence-electron chi connectivity index (χ3n) is 2.21. The van der Waals surface area contributed by atoms with Gasteiger partial charge in [0.1, 0.15) is 0 Å². The summed E-state index contributed by atoms with van der Waals surface area (Å²) in [4.78, 5) is 27.0. The fourth-order valence-corrected chi connectivity index (χ4v) is 1.16. The number of rotatable bonds is 4. The van der Waals surface area contributed by atoms with Crippen LogP contribution >= 0.6 is 0 Å². The van der Waals surface area contributed by atoms with Gasteiger partial charge in [0, 0.05) is 6.20 Å². The van der Waals surface area contributed by atoms with Crippen LogP contribution in [0.15, 0.2) is 24.4 Å². The van der Waals surface area contributed by atoms with Gasteiger partial charge in [0.05, 0.1) is 24.4 Å². The zero-order chi connectivity index (χ0) is 13.6. The van der Waals surface area contributed by atoms with Gasteiger partial charge >= 0.3 is 11.8 Å². The molecular formula is C12H17N3O3. The Kier molecular flexibility index (Phi) is 4.79. The van der Waals surface area contributed by atoms with Crippen molar-refractivity contribution in [1.29, 1.82) is 0 Å². The average molecular weight is 251 g/mol. The fraction of sp³-hybridized carbons (Fsp3) is 0.417. The van der Waals surface area contributed by atoms with Crippen molar-refractivity contribution in [2.24, 2.45) is 0 Å². The molecule has 6 heteroatoms. The third kappa shape index (κ3) is 4.50. The van der Waals surface area contributed by atoms with Crippen LogP contribution in [-0.4, -0.2) is 34.1 Å². The molecule has 0 spiro atoms. The molecule has 1 rings (SSSR count). The van der Waals surface area contributed by atoms with E-state index in [1.165, 1.54) is 0 Å². The van der Waals surface area contributed by atoms with Gasteiger partial charge in [-0.1, -0.05) is 6.07 Å². The van der Waals surface area contributed by atoms with Crippen LogP contribution in [-0.2, 0) is 16.1 Å². The van der Waals surface area contributed by atoms with Crippen molar-refractivity contribution in [3.05, 3.63) is 30.1 Å². The number of nitrogens with zero attached hydrogens (tertiary/aromatic N) is 1. The highest BCUT2D eigenvalue weighted by Crippen LogP contribution is 1.99. The van der Waals surface area contributed by atoms with E-state index in [9.17, 15) is 9.59 Å². The van der Waals surface area contributed by atoms with Crippen LogP contribution in [0.25, 0.3) is 0 Å². The van der Waals surface area contributed by atoms with Crippen LogP contribution in [0, 0.1) is 0 Å². The summed E-state index contributed by atoms with van der Waals surface area (Å²) < 4.78 is 0. The standard InChI is InChI=1S/C12H17N3O3/c1-12(2,8-16)15-11(18)10(17)14-7-9-5-3-4-6-13-9/h3-6,16H,7-8H2,1-2H3,(H,14,17)(H,15,18). The van der Waals surface area contributed by atoms with E-state index in [1.54, 1.807) is 38.2 Å². The number of hydrogen-bond donors (Lipinski definition) is 3. The molecule has 98 valence electrons. The van der Waals surface area contributed by atoms with Crippen molar-refractivity contribution >= 4 is 11.8 Å². The van der Waals surface area contributed by atoms with Crippen LogP contribution in [0.4, 0.5) is 0 Å². The SMILES string of the molecule is CC(C)(CO)NC(=O)C(=O)NCc1ccccn1. The lowest BCUT2D eigenvalue weighted by Crippen LogP contribution is -2.51. The van der Waals surface area contributed by atoms with Gasteiger partial charge in [0.25, 0.3) is 0 Å². The van der Waals surface area contributed by atoms with E-state index in [2.05, 4.69) is 15.6 Å². The summed E-state index contributed by atoms with van der Waals surface area (Å²) in [5.74, 6) is -1.52. The number of carbonyl (C=O) groups is 2. The summed E-state index contributed by atoms with van der Waals surface area (Å²) in [6, 6.07) is 5.31. The maximum Gasteiger partial charge on any atom is 0.309 e. The maximum atomic E-state index is 11.5. The molecule has 1 heterocycles. The molecule has 3 N–H and O–H groups in total. The first-order chi connectivity index (χ1) is 8.44. The molecule has 0 fully saturated rings. The molecule has 1 aromatic rings. The van der Waals surface area contributed by atoms with E-state index >= 15 is 0 Å². The van der Waals surface area contributed by atoms with E-state index in [4.69, 9.17) is 5.11 Å². The van der Waals surface area contributed by atoms with Crippen LogP contribution in [0.1, 0.15) is 19.5 Å². The summed E-state index contributed by atoms with van der Waals surface area (Å²) in [5, 5.41) is 13.8. The maximum absolute atomic E-state index is 11.5. The lowest BCUT2D eigenvalue weighted by Gasteiger charge is -2.22. The van der Waals surface area contributed by atoms with Gasteiger partial charge in [-0.15, -0.1) is 0 Å². The van der Waals surface area contributed by atoms with Crippen molar-refractivity contribution in [3.8, 4) is 0 Å². The Morgan fingerprint density at radius 2 is 2.06 bits per heavy atom. The number of carbonyl (C=O) groups excluding carboxylic acids is 2. The predicted octanol–water partition coefficient (Wildman–Crippen LogP) is -0.415. The fourth-order valence-electron chi connectivity index (χ4n) is 1.16. The second-order valence-electron chi connectivity index (χ2n) is 4.50. The topological polar surface area (TPSA) is 91.3 Å². The number of amides is 2. The van der Waals surface area contributed by atoms with Crippen LogP contribution in [0.3, 0.4) is 0 Å². The van der Waals surface area contributed by atoms with Gasteiger partial charge in [-0.25, -0.2) is 0 Å². The highest BCUT2D eigenvalue weighted by atomic mass is 16.3. The molecule has 0 aliphatic heterocycles. The molecule has 0 atom stereocenters. The van der Waals surface area contributed by atoms with Crippen LogP contribution < -0.4 is 10.6 Å². The Morgan fingerprint density at radius 1 is 1.33 bits per heavy atom. The first-order valence-corrected chi connectivity index (χ1v) is 5.56. The van der Waals surface area contributed by atoms with E-state index in [0.717, 1.165) is 0 Å². The molecule has 0 aromatic carbocycles. The minimum absolute atomic E-state index is 0.187. The minimum atomic E-state index is -0.820. The molecule has 0 saturated heterocycles. The van der Waals surface area contributed by atoms with Crippen molar-refractivity contribution < 1.29 is 14.7 Å². The zero-order valence-corrected chi connectivity index (χ0v) is 10.4. The molecule has 2 amide bonds.